The van der Waals surface area contributed by atoms with Crippen LogP contribution >= 0.6 is 0 Å². The first-order valence-electron chi connectivity index (χ1n) is 10.9. The second-order valence-corrected chi connectivity index (χ2v) is 7.68. The first-order valence-corrected chi connectivity index (χ1v) is 10.9. The van der Waals surface area contributed by atoms with Gasteiger partial charge >= 0.3 is 0 Å². The first kappa shape index (κ1) is 23.9. The second-order valence-electron chi connectivity index (χ2n) is 7.68. The molecule has 2 aromatic heterocycles. The SMILES string of the molecule is CC(=O)O.Nc1nccc(Nc2ccc3[nH]nc(-c4cccc(NC(=O)c5ccccc5)c4)c3c2)n1. The van der Waals surface area contributed by atoms with Gasteiger partial charge in [0.15, 0.2) is 0 Å². The van der Waals surface area contributed by atoms with Gasteiger partial charge in [0.1, 0.15) is 11.5 Å². The average molecular weight is 482 g/mol. The van der Waals surface area contributed by atoms with E-state index in [9.17, 15) is 4.79 Å². The molecule has 0 saturated heterocycles. The fourth-order valence-electron chi connectivity index (χ4n) is 3.44. The number of aromatic nitrogens is 4. The minimum atomic E-state index is -0.833. The molecular weight excluding hydrogens is 458 g/mol. The number of nitrogen functional groups attached to an aromatic ring is 1. The summed E-state index contributed by atoms with van der Waals surface area (Å²) in [5.74, 6) is -0.188. The van der Waals surface area contributed by atoms with Crippen LogP contribution in [-0.4, -0.2) is 37.1 Å². The Hall–Kier alpha value is -5.25. The van der Waals surface area contributed by atoms with Crippen LogP contribution in [0.25, 0.3) is 22.2 Å². The third-order valence-corrected chi connectivity index (χ3v) is 4.94. The largest absolute Gasteiger partial charge is 0.481 e. The van der Waals surface area contributed by atoms with Crippen LogP contribution in [0.4, 0.5) is 23.1 Å². The number of anilines is 4. The van der Waals surface area contributed by atoms with Gasteiger partial charge < -0.3 is 21.5 Å². The van der Waals surface area contributed by atoms with Crippen LogP contribution < -0.4 is 16.4 Å². The quantitative estimate of drug-likeness (QED) is 0.242. The predicted octanol–water partition coefficient (Wildman–Crippen LogP) is 4.69. The molecule has 180 valence electrons. The highest BCUT2D eigenvalue weighted by molar-refractivity contribution is 6.04. The van der Waals surface area contributed by atoms with E-state index in [-0.39, 0.29) is 11.9 Å². The third-order valence-electron chi connectivity index (χ3n) is 4.94. The molecule has 10 nitrogen and oxygen atoms in total. The van der Waals surface area contributed by atoms with Crippen LogP contribution in [0.3, 0.4) is 0 Å². The minimum absolute atomic E-state index is 0.162. The Kier molecular flexibility index (Phi) is 7.16. The minimum Gasteiger partial charge on any atom is -0.481 e. The zero-order valence-corrected chi connectivity index (χ0v) is 19.3. The fourth-order valence-corrected chi connectivity index (χ4v) is 3.44. The zero-order chi connectivity index (χ0) is 25.5. The molecule has 0 radical (unpaired) electrons. The molecular formula is C26H23N7O3. The number of aliphatic carboxylic acids is 1. The maximum Gasteiger partial charge on any atom is 0.300 e. The van der Waals surface area contributed by atoms with Crippen LogP contribution in [0.15, 0.2) is 85.1 Å². The summed E-state index contributed by atoms with van der Waals surface area (Å²) in [6.45, 7) is 1.08. The Balaban J connectivity index is 0.000000709. The van der Waals surface area contributed by atoms with Crippen molar-refractivity contribution < 1.29 is 14.7 Å². The Morgan fingerprint density at radius 2 is 1.72 bits per heavy atom. The molecule has 0 aliphatic rings. The van der Waals surface area contributed by atoms with Gasteiger partial charge in [-0.05, 0) is 48.5 Å². The molecule has 5 aromatic rings. The molecule has 0 unspecified atom stereocenters. The third kappa shape index (κ3) is 6.00. The summed E-state index contributed by atoms with van der Waals surface area (Å²) in [4.78, 5) is 29.6. The number of carbonyl (C=O) groups excluding carboxylic acids is 1. The predicted molar refractivity (Wildman–Crippen MR) is 139 cm³/mol. The van der Waals surface area contributed by atoms with E-state index in [4.69, 9.17) is 15.6 Å². The number of nitrogens with two attached hydrogens (primary N) is 1. The number of amides is 1. The van der Waals surface area contributed by atoms with Crippen molar-refractivity contribution in [2.45, 2.75) is 6.92 Å². The summed E-state index contributed by atoms with van der Waals surface area (Å²) in [5.41, 5.74) is 10.4. The molecule has 5 rings (SSSR count). The Bertz CT molecular complexity index is 1510. The molecule has 0 aliphatic carbocycles. The topological polar surface area (TPSA) is 159 Å². The van der Waals surface area contributed by atoms with Gasteiger partial charge in [-0.15, -0.1) is 0 Å². The molecule has 0 spiro atoms. The maximum absolute atomic E-state index is 12.5. The monoisotopic (exact) mass is 481 g/mol. The summed E-state index contributed by atoms with van der Waals surface area (Å²) in [5, 5.41) is 22.1. The number of nitrogens with one attached hydrogen (secondary N) is 3. The zero-order valence-electron chi connectivity index (χ0n) is 19.3. The average Bonchev–Trinajstić information content (AvgIpc) is 3.28. The molecule has 0 aliphatic heterocycles. The Morgan fingerprint density at radius 3 is 2.47 bits per heavy atom. The van der Waals surface area contributed by atoms with Crippen LogP contribution in [0, 0.1) is 0 Å². The number of aromatic amines is 1. The number of hydrogen-bond donors (Lipinski definition) is 5. The Morgan fingerprint density at radius 1 is 0.944 bits per heavy atom. The Labute approximate surface area is 206 Å². The van der Waals surface area contributed by atoms with Crippen molar-refractivity contribution in [1.82, 2.24) is 20.2 Å². The molecule has 6 N–H and O–H groups in total. The molecule has 36 heavy (non-hydrogen) atoms. The maximum atomic E-state index is 12.5. The number of nitrogens with zero attached hydrogens (tertiary/aromatic N) is 3. The summed E-state index contributed by atoms with van der Waals surface area (Å²) < 4.78 is 0. The van der Waals surface area contributed by atoms with E-state index in [0.29, 0.717) is 17.1 Å². The van der Waals surface area contributed by atoms with Crippen molar-refractivity contribution in [2.75, 3.05) is 16.4 Å². The van der Waals surface area contributed by atoms with Crippen molar-refractivity contribution in [3.63, 3.8) is 0 Å². The molecule has 3 aromatic carbocycles. The van der Waals surface area contributed by atoms with E-state index >= 15 is 0 Å². The molecule has 0 saturated carbocycles. The van der Waals surface area contributed by atoms with Gasteiger partial charge in [-0.3, -0.25) is 14.7 Å². The summed E-state index contributed by atoms with van der Waals surface area (Å²) >= 11 is 0. The lowest BCUT2D eigenvalue weighted by molar-refractivity contribution is -0.134. The molecule has 2 heterocycles. The van der Waals surface area contributed by atoms with Crippen molar-refractivity contribution >= 4 is 45.9 Å². The number of H-pyrrole nitrogens is 1. The lowest BCUT2D eigenvalue weighted by atomic mass is 10.1. The lowest BCUT2D eigenvalue weighted by Crippen LogP contribution is -2.11. The summed E-state index contributed by atoms with van der Waals surface area (Å²) in [6.07, 6.45) is 1.60. The van der Waals surface area contributed by atoms with Crippen LogP contribution in [0.5, 0.6) is 0 Å². The number of carboxylic acids is 1. The fraction of sp³-hybridized carbons (Fsp3) is 0.0385. The van der Waals surface area contributed by atoms with Gasteiger partial charge in [0, 0.05) is 41.0 Å². The number of fused-ring (bicyclic) bond motifs is 1. The second kappa shape index (κ2) is 10.8. The standard InChI is InChI=1S/C24H19N7O.C2H4O2/c25-24-26-12-11-21(29-24)27-18-9-10-20-19(14-18)22(31-30-20)16-7-4-8-17(13-16)28-23(32)15-5-2-1-3-6-15;1-2(3)4/h1-14H,(H,28,32)(H,30,31)(H3,25,26,27,29);1H3,(H,3,4). The number of benzene rings is 3. The van der Waals surface area contributed by atoms with E-state index < -0.39 is 5.97 Å². The van der Waals surface area contributed by atoms with Crippen LogP contribution in [-0.2, 0) is 4.79 Å². The lowest BCUT2D eigenvalue weighted by Gasteiger charge is -2.08. The first-order chi connectivity index (χ1) is 17.4. The van der Waals surface area contributed by atoms with E-state index in [0.717, 1.165) is 34.8 Å². The molecule has 0 fully saturated rings. The van der Waals surface area contributed by atoms with Crippen LogP contribution in [0.1, 0.15) is 17.3 Å². The number of carbonyl (C=O) groups is 2. The summed E-state index contributed by atoms with van der Waals surface area (Å²) in [7, 11) is 0. The van der Waals surface area contributed by atoms with E-state index in [1.54, 1.807) is 24.4 Å². The molecule has 0 atom stereocenters. The normalized spacial score (nSPS) is 10.2. The smallest absolute Gasteiger partial charge is 0.300 e. The van der Waals surface area contributed by atoms with Gasteiger partial charge in [0.25, 0.3) is 11.9 Å². The van der Waals surface area contributed by atoms with Crippen molar-refractivity contribution in [3.8, 4) is 11.3 Å². The van der Waals surface area contributed by atoms with Gasteiger partial charge in [0.05, 0.1) is 5.52 Å². The summed E-state index contributed by atoms with van der Waals surface area (Å²) in [6, 6.07) is 24.3. The number of rotatable bonds is 5. The number of carboxylic acid groups (broad SMARTS) is 1. The highest BCUT2D eigenvalue weighted by Gasteiger charge is 2.11. The van der Waals surface area contributed by atoms with Crippen LogP contribution in [0.2, 0.25) is 0 Å². The van der Waals surface area contributed by atoms with E-state index in [1.807, 2.05) is 60.7 Å². The number of hydrogen-bond acceptors (Lipinski definition) is 7. The van der Waals surface area contributed by atoms with Gasteiger partial charge in [-0.25, -0.2) is 4.98 Å². The van der Waals surface area contributed by atoms with Crippen molar-refractivity contribution in [1.29, 1.82) is 0 Å². The van der Waals surface area contributed by atoms with E-state index in [1.165, 1.54) is 0 Å². The molecule has 1 amide bonds. The molecule has 10 heteroatoms. The van der Waals surface area contributed by atoms with Gasteiger partial charge in [0.2, 0.25) is 5.95 Å². The van der Waals surface area contributed by atoms with E-state index in [2.05, 4.69) is 30.8 Å². The van der Waals surface area contributed by atoms with Crippen molar-refractivity contribution in [3.05, 3.63) is 90.6 Å². The van der Waals surface area contributed by atoms with Gasteiger partial charge in [-0.2, -0.15) is 10.1 Å². The highest BCUT2D eigenvalue weighted by Crippen LogP contribution is 2.30. The molecule has 0 bridgehead atoms. The van der Waals surface area contributed by atoms with Crippen molar-refractivity contribution in [2.24, 2.45) is 0 Å². The van der Waals surface area contributed by atoms with Gasteiger partial charge in [-0.1, -0.05) is 30.3 Å². The highest BCUT2D eigenvalue weighted by atomic mass is 16.4.